The van der Waals surface area contributed by atoms with Gasteiger partial charge in [-0.15, -0.1) is 0 Å². The summed E-state index contributed by atoms with van der Waals surface area (Å²) in [4.78, 5) is 4.25. The summed E-state index contributed by atoms with van der Waals surface area (Å²) in [7, 11) is 1.71. The lowest BCUT2D eigenvalue weighted by Crippen LogP contribution is -2.01. The maximum Gasteiger partial charge on any atom is 0.0988 e. The Morgan fingerprint density at radius 1 is 1.58 bits per heavy atom. The number of aromatic nitrogens is 1. The maximum atomic E-state index is 5.25. The maximum absolute atomic E-state index is 5.25. The second-order valence-electron chi connectivity index (χ2n) is 2.53. The third kappa shape index (κ3) is 2.29. The van der Waals surface area contributed by atoms with Gasteiger partial charge in [-0.2, -0.15) is 0 Å². The Hall–Kier alpha value is -0.410. The van der Waals surface area contributed by atoms with Gasteiger partial charge in [0, 0.05) is 17.8 Å². The molecular formula is C9H12BrNO. The van der Waals surface area contributed by atoms with Crippen molar-refractivity contribution in [3.8, 4) is 0 Å². The normalized spacial score (nSPS) is 12.9. The molecule has 66 valence electrons. The van der Waals surface area contributed by atoms with Crippen LogP contribution in [0.3, 0.4) is 0 Å². The van der Waals surface area contributed by atoms with Gasteiger partial charge in [-0.3, -0.25) is 4.98 Å². The number of pyridine rings is 1. The summed E-state index contributed by atoms with van der Waals surface area (Å²) in [5.74, 6) is 0. The smallest absolute Gasteiger partial charge is 0.0988 e. The predicted octanol–water partition coefficient (Wildman–Crippen LogP) is 2.94. The molecule has 0 aliphatic carbocycles. The molecule has 0 spiro atoms. The van der Waals surface area contributed by atoms with Gasteiger partial charge < -0.3 is 4.74 Å². The van der Waals surface area contributed by atoms with Crippen LogP contribution in [0, 0.1) is 0 Å². The molecule has 3 heteroatoms. The monoisotopic (exact) mass is 229 g/mol. The van der Waals surface area contributed by atoms with Crippen molar-refractivity contribution in [3.63, 3.8) is 0 Å². The number of nitrogens with zero attached hydrogens (tertiary/aromatic N) is 1. The van der Waals surface area contributed by atoms with Crippen LogP contribution in [0.1, 0.15) is 25.1 Å². The highest BCUT2D eigenvalue weighted by Gasteiger charge is 2.07. The quantitative estimate of drug-likeness (QED) is 0.796. The van der Waals surface area contributed by atoms with Crippen LogP contribution in [0.2, 0.25) is 0 Å². The van der Waals surface area contributed by atoms with Gasteiger partial charge in [0.2, 0.25) is 0 Å². The number of rotatable bonds is 3. The number of halogens is 1. The van der Waals surface area contributed by atoms with Crippen molar-refractivity contribution in [3.05, 3.63) is 28.5 Å². The van der Waals surface area contributed by atoms with E-state index in [2.05, 4.69) is 27.8 Å². The number of ether oxygens (including phenoxy) is 1. The van der Waals surface area contributed by atoms with Gasteiger partial charge in [0.1, 0.15) is 0 Å². The minimum atomic E-state index is 0.123. The summed E-state index contributed by atoms with van der Waals surface area (Å²) in [6.07, 6.45) is 2.86. The first-order valence-electron chi connectivity index (χ1n) is 3.92. The van der Waals surface area contributed by atoms with Gasteiger partial charge in [0.15, 0.2) is 0 Å². The summed E-state index contributed by atoms with van der Waals surface area (Å²) in [5.41, 5.74) is 0.989. The van der Waals surface area contributed by atoms with E-state index in [4.69, 9.17) is 4.74 Å². The minimum Gasteiger partial charge on any atom is -0.375 e. The first kappa shape index (κ1) is 9.68. The fourth-order valence-corrected chi connectivity index (χ4v) is 1.31. The van der Waals surface area contributed by atoms with E-state index in [1.54, 1.807) is 13.3 Å². The fraction of sp³-hybridized carbons (Fsp3) is 0.444. The fourth-order valence-electron chi connectivity index (χ4n) is 1.07. The van der Waals surface area contributed by atoms with E-state index in [0.717, 1.165) is 16.6 Å². The Labute approximate surface area is 81.1 Å². The van der Waals surface area contributed by atoms with Crippen LogP contribution in [-0.4, -0.2) is 12.1 Å². The number of hydrogen-bond donors (Lipinski definition) is 0. The Kier molecular flexibility index (Phi) is 3.69. The molecule has 0 aliphatic heterocycles. The zero-order valence-electron chi connectivity index (χ0n) is 7.25. The molecule has 2 nitrogen and oxygen atoms in total. The standard InChI is InChI=1S/C9H12BrNO/c1-3-9(12-2)8-5-4-7(10)6-11-8/h4-6,9H,3H2,1-2H3. The van der Waals surface area contributed by atoms with Gasteiger partial charge in [0.25, 0.3) is 0 Å². The first-order chi connectivity index (χ1) is 5.77. The molecule has 0 saturated carbocycles. The average molecular weight is 230 g/mol. The van der Waals surface area contributed by atoms with Gasteiger partial charge >= 0.3 is 0 Å². The molecule has 12 heavy (non-hydrogen) atoms. The van der Waals surface area contributed by atoms with E-state index >= 15 is 0 Å². The topological polar surface area (TPSA) is 22.1 Å². The molecule has 0 fully saturated rings. The molecule has 0 saturated heterocycles. The summed E-state index contributed by atoms with van der Waals surface area (Å²) < 4.78 is 6.24. The highest BCUT2D eigenvalue weighted by Crippen LogP contribution is 2.18. The zero-order valence-corrected chi connectivity index (χ0v) is 8.84. The molecule has 1 aromatic heterocycles. The van der Waals surface area contributed by atoms with E-state index < -0.39 is 0 Å². The van der Waals surface area contributed by atoms with Gasteiger partial charge in [0.05, 0.1) is 11.8 Å². The zero-order chi connectivity index (χ0) is 8.97. The molecule has 0 aliphatic rings. The van der Waals surface area contributed by atoms with Crippen LogP contribution in [0.4, 0.5) is 0 Å². The van der Waals surface area contributed by atoms with Gasteiger partial charge in [-0.1, -0.05) is 6.92 Å². The molecule has 1 aromatic rings. The highest BCUT2D eigenvalue weighted by molar-refractivity contribution is 9.10. The van der Waals surface area contributed by atoms with Gasteiger partial charge in [-0.05, 0) is 34.5 Å². The molecule has 1 heterocycles. The Balaban J connectivity index is 2.80. The third-order valence-electron chi connectivity index (χ3n) is 1.74. The molecular weight excluding hydrogens is 218 g/mol. The van der Waals surface area contributed by atoms with Crippen LogP contribution >= 0.6 is 15.9 Å². The average Bonchev–Trinajstić information content (AvgIpc) is 2.10. The van der Waals surface area contributed by atoms with E-state index in [0.29, 0.717) is 0 Å². The van der Waals surface area contributed by atoms with Crippen LogP contribution < -0.4 is 0 Å². The summed E-state index contributed by atoms with van der Waals surface area (Å²) in [6.45, 7) is 2.08. The van der Waals surface area contributed by atoms with Crippen LogP contribution in [0.15, 0.2) is 22.8 Å². The minimum absolute atomic E-state index is 0.123. The lowest BCUT2D eigenvalue weighted by atomic mass is 10.2. The van der Waals surface area contributed by atoms with Gasteiger partial charge in [-0.25, -0.2) is 0 Å². The second kappa shape index (κ2) is 4.58. The molecule has 0 N–H and O–H groups in total. The van der Waals surface area contributed by atoms with E-state index in [-0.39, 0.29) is 6.10 Å². The lowest BCUT2D eigenvalue weighted by molar-refractivity contribution is 0.0965. The first-order valence-corrected chi connectivity index (χ1v) is 4.71. The van der Waals surface area contributed by atoms with E-state index in [9.17, 15) is 0 Å². The molecule has 1 unspecified atom stereocenters. The summed E-state index contributed by atoms with van der Waals surface area (Å²) >= 11 is 3.34. The molecule has 0 bridgehead atoms. The van der Waals surface area contributed by atoms with E-state index in [1.165, 1.54) is 0 Å². The Morgan fingerprint density at radius 2 is 2.33 bits per heavy atom. The van der Waals surface area contributed by atoms with Crippen molar-refractivity contribution in [1.82, 2.24) is 4.98 Å². The van der Waals surface area contributed by atoms with Crippen LogP contribution in [0.5, 0.6) is 0 Å². The lowest BCUT2D eigenvalue weighted by Gasteiger charge is -2.11. The van der Waals surface area contributed by atoms with Crippen LogP contribution in [-0.2, 0) is 4.74 Å². The highest BCUT2D eigenvalue weighted by atomic mass is 79.9. The predicted molar refractivity (Wildman–Crippen MR) is 52.0 cm³/mol. The molecule has 0 radical (unpaired) electrons. The number of methoxy groups -OCH3 is 1. The Bertz CT molecular complexity index is 231. The number of hydrogen-bond acceptors (Lipinski definition) is 2. The van der Waals surface area contributed by atoms with Crippen molar-refractivity contribution in [1.29, 1.82) is 0 Å². The van der Waals surface area contributed by atoms with Crippen molar-refractivity contribution in [2.75, 3.05) is 7.11 Å². The SMILES string of the molecule is CCC(OC)c1ccc(Br)cn1. The third-order valence-corrected chi connectivity index (χ3v) is 2.20. The van der Waals surface area contributed by atoms with Crippen molar-refractivity contribution in [2.45, 2.75) is 19.4 Å². The van der Waals surface area contributed by atoms with Crippen molar-refractivity contribution in [2.24, 2.45) is 0 Å². The van der Waals surface area contributed by atoms with Crippen molar-refractivity contribution >= 4 is 15.9 Å². The van der Waals surface area contributed by atoms with E-state index in [1.807, 2.05) is 12.1 Å². The Morgan fingerprint density at radius 3 is 2.75 bits per heavy atom. The molecule has 0 amide bonds. The molecule has 0 aromatic carbocycles. The van der Waals surface area contributed by atoms with Crippen molar-refractivity contribution < 1.29 is 4.74 Å². The molecule has 1 atom stereocenters. The largest absolute Gasteiger partial charge is 0.375 e. The summed E-state index contributed by atoms with van der Waals surface area (Å²) in [6, 6.07) is 3.95. The van der Waals surface area contributed by atoms with Crippen LogP contribution in [0.25, 0.3) is 0 Å². The second-order valence-corrected chi connectivity index (χ2v) is 3.45. The summed E-state index contributed by atoms with van der Waals surface area (Å²) in [5, 5.41) is 0. The molecule has 1 rings (SSSR count).